The minimum absolute atomic E-state index is 0.0289. The van der Waals surface area contributed by atoms with E-state index in [4.69, 9.17) is 5.73 Å². The molecule has 0 aromatic heterocycles. The standard InChI is InChI=1S/C11H18FN3O4S2/c1-3-14-20(16,17)5-4-15-21(18,19)11-7-9(13)6-10(12)8(11)2/h6-7,14-15H,3-5,13H2,1-2H3. The number of anilines is 1. The Bertz CT molecular complexity index is 717. The molecule has 0 saturated heterocycles. The lowest BCUT2D eigenvalue weighted by Gasteiger charge is -2.11. The van der Waals surface area contributed by atoms with Crippen molar-refractivity contribution >= 4 is 25.7 Å². The zero-order valence-electron chi connectivity index (χ0n) is 11.7. The van der Waals surface area contributed by atoms with Crippen molar-refractivity contribution in [1.29, 1.82) is 0 Å². The van der Waals surface area contributed by atoms with Crippen LogP contribution >= 0.6 is 0 Å². The SMILES string of the molecule is CCNS(=O)(=O)CCNS(=O)(=O)c1cc(N)cc(F)c1C. The Kier molecular flexibility index (Phi) is 5.68. The van der Waals surface area contributed by atoms with E-state index < -0.39 is 31.6 Å². The van der Waals surface area contributed by atoms with Crippen LogP contribution < -0.4 is 15.2 Å². The van der Waals surface area contributed by atoms with Crippen LogP contribution in [0.1, 0.15) is 12.5 Å². The number of hydrogen-bond acceptors (Lipinski definition) is 5. The lowest BCUT2D eigenvalue weighted by atomic mass is 10.2. The first kappa shape index (κ1) is 17.8. The Balaban J connectivity index is 2.89. The molecule has 0 aliphatic carbocycles. The quantitative estimate of drug-likeness (QED) is 0.601. The maximum atomic E-state index is 13.5. The molecule has 0 atom stereocenters. The number of rotatable bonds is 7. The van der Waals surface area contributed by atoms with Crippen LogP contribution in [0.2, 0.25) is 0 Å². The Morgan fingerprint density at radius 3 is 2.38 bits per heavy atom. The first-order valence-corrected chi connectivity index (χ1v) is 9.25. The summed E-state index contributed by atoms with van der Waals surface area (Å²) in [5.41, 5.74) is 5.32. The average Bonchev–Trinajstić information content (AvgIpc) is 2.32. The van der Waals surface area contributed by atoms with Gasteiger partial charge in [-0.05, 0) is 19.1 Å². The minimum Gasteiger partial charge on any atom is -0.399 e. The molecule has 21 heavy (non-hydrogen) atoms. The van der Waals surface area contributed by atoms with Gasteiger partial charge >= 0.3 is 0 Å². The van der Waals surface area contributed by atoms with Crippen LogP contribution in [-0.2, 0) is 20.0 Å². The first-order valence-electron chi connectivity index (χ1n) is 6.11. The van der Waals surface area contributed by atoms with Crippen molar-refractivity contribution < 1.29 is 21.2 Å². The fourth-order valence-electron chi connectivity index (χ4n) is 1.63. The molecule has 0 unspecified atom stereocenters. The highest BCUT2D eigenvalue weighted by molar-refractivity contribution is 7.90. The molecular weight excluding hydrogens is 321 g/mol. The van der Waals surface area contributed by atoms with Crippen LogP contribution in [0.25, 0.3) is 0 Å². The van der Waals surface area contributed by atoms with Gasteiger partial charge in [0.25, 0.3) is 0 Å². The third-order valence-corrected chi connectivity index (χ3v) is 5.69. The van der Waals surface area contributed by atoms with Crippen LogP contribution in [0.4, 0.5) is 10.1 Å². The molecule has 0 spiro atoms. The summed E-state index contributed by atoms with van der Waals surface area (Å²) in [4.78, 5) is -0.305. The van der Waals surface area contributed by atoms with E-state index in [1.54, 1.807) is 6.92 Å². The smallest absolute Gasteiger partial charge is 0.241 e. The Morgan fingerprint density at radius 2 is 1.81 bits per heavy atom. The predicted octanol–water partition coefficient (Wildman–Crippen LogP) is -0.0661. The number of benzene rings is 1. The van der Waals surface area contributed by atoms with E-state index in [0.29, 0.717) is 0 Å². The second kappa shape index (κ2) is 6.69. The summed E-state index contributed by atoms with van der Waals surface area (Å²) in [5.74, 6) is -1.15. The largest absolute Gasteiger partial charge is 0.399 e. The van der Waals surface area contributed by atoms with Crippen LogP contribution in [0.3, 0.4) is 0 Å². The fraction of sp³-hybridized carbons (Fsp3) is 0.455. The molecule has 0 saturated carbocycles. The number of sulfonamides is 2. The second-order valence-corrected chi connectivity index (χ2v) is 8.00. The summed E-state index contributed by atoms with van der Waals surface area (Å²) in [6.45, 7) is 2.81. The zero-order chi connectivity index (χ0) is 16.3. The molecular formula is C11H18FN3O4S2. The molecule has 1 rings (SSSR count). The van der Waals surface area contributed by atoms with Crippen molar-refractivity contribution in [3.63, 3.8) is 0 Å². The minimum atomic E-state index is -4.04. The molecule has 0 heterocycles. The number of nitrogen functional groups attached to an aromatic ring is 1. The summed E-state index contributed by atoms with van der Waals surface area (Å²) < 4.78 is 64.8. The summed E-state index contributed by atoms with van der Waals surface area (Å²) in [6.07, 6.45) is 0. The summed E-state index contributed by atoms with van der Waals surface area (Å²) in [5, 5.41) is 0. The molecule has 0 fully saturated rings. The van der Waals surface area contributed by atoms with Gasteiger partial charge in [0.2, 0.25) is 20.0 Å². The van der Waals surface area contributed by atoms with E-state index in [-0.39, 0.29) is 29.2 Å². The van der Waals surface area contributed by atoms with E-state index in [2.05, 4.69) is 9.44 Å². The van der Waals surface area contributed by atoms with Crippen LogP contribution in [0, 0.1) is 12.7 Å². The van der Waals surface area contributed by atoms with Crippen LogP contribution in [0.5, 0.6) is 0 Å². The van der Waals surface area contributed by atoms with E-state index in [1.807, 2.05) is 0 Å². The average molecular weight is 339 g/mol. The highest BCUT2D eigenvalue weighted by atomic mass is 32.2. The van der Waals surface area contributed by atoms with Gasteiger partial charge in [0.1, 0.15) is 5.82 Å². The van der Waals surface area contributed by atoms with Crippen molar-refractivity contribution in [2.45, 2.75) is 18.7 Å². The lowest BCUT2D eigenvalue weighted by Crippen LogP contribution is -2.34. The van der Waals surface area contributed by atoms with Gasteiger partial charge in [-0.2, -0.15) is 0 Å². The van der Waals surface area contributed by atoms with Crippen molar-refractivity contribution in [2.75, 3.05) is 24.6 Å². The number of nitrogens with two attached hydrogens (primary N) is 1. The van der Waals surface area contributed by atoms with Gasteiger partial charge in [0.15, 0.2) is 0 Å². The molecule has 0 radical (unpaired) electrons. The van der Waals surface area contributed by atoms with Crippen molar-refractivity contribution in [3.8, 4) is 0 Å². The fourth-order valence-corrected chi connectivity index (χ4v) is 4.04. The molecule has 4 N–H and O–H groups in total. The second-order valence-electron chi connectivity index (χ2n) is 4.34. The number of halogens is 1. The topological polar surface area (TPSA) is 118 Å². The maximum Gasteiger partial charge on any atom is 0.241 e. The van der Waals surface area contributed by atoms with E-state index >= 15 is 0 Å². The molecule has 1 aromatic carbocycles. The third-order valence-electron chi connectivity index (χ3n) is 2.64. The van der Waals surface area contributed by atoms with Crippen LogP contribution in [-0.4, -0.2) is 35.7 Å². The molecule has 10 heteroatoms. The number of hydrogen-bond donors (Lipinski definition) is 3. The molecule has 7 nitrogen and oxygen atoms in total. The Labute approximate surface area is 123 Å². The molecule has 0 aliphatic heterocycles. The van der Waals surface area contributed by atoms with Crippen LogP contribution in [0.15, 0.2) is 17.0 Å². The first-order chi connectivity index (χ1) is 9.59. The van der Waals surface area contributed by atoms with Gasteiger partial charge in [-0.15, -0.1) is 0 Å². The van der Waals surface area contributed by atoms with Gasteiger partial charge in [-0.3, -0.25) is 0 Å². The van der Waals surface area contributed by atoms with E-state index in [1.165, 1.54) is 6.92 Å². The van der Waals surface area contributed by atoms with Crippen molar-refractivity contribution in [2.24, 2.45) is 0 Å². The van der Waals surface area contributed by atoms with Gasteiger partial charge in [0, 0.05) is 24.3 Å². The van der Waals surface area contributed by atoms with E-state index in [9.17, 15) is 21.2 Å². The van der Waals surface area contributed by atoms with Gasteiger partial charge in [-0.1, -0.05) is 6.92 Å². The Morgan fingerprint density at radius 1 is 1.19 bits per heavy atom. The van der Waals surface area contributed by atoms with Crippen molar-refractivity contribution in [1.82, 2.24) is 9.44 Å². The monoisotopic (exact) mass is 339 g/mol. The predicted molar refractivity (Wildman–Crippen MR) is 78.2 cm³/mol. The normalized spacial score (nSPS) is 12.5. The molecule has 0 bridgehead atoms. The zero-order valence-corrected chi connectivity index (χ0v) is 13.3. The summed E-state index contributed by atoms with van der Waals surface area (Å²) >= 11 is 0. The van der Waals surface area contributed by atoms with Gasteiger partial charge < -0.3 is 5.73 Å². The molecule has 0 aliphatic rings. The number of nitrogens with one attached hydrogen (secondary N) is 2. The molecule has 120 valence electrons. The van der Waals surface area contributed by atoms with Gasteiger partial charge in [0.05, 0.1) is 10.6 Å². The Hall–Kier alpha value is -1.23. The summed E-state index contributed by atoms with van der Waals surface area (Å²) in [6, 6.07) is 2.14. The lowest BCUT2D eigenvalue weighted by molar-refractivity contribution is 0.572. The highest BCUT2D eigenvalue weighted by Gasteiger charge is 2.20. The molecule has 1 aromatic rings. The van der Waals surface area contributed by atoms with Gasteiger partial charge in [-0.25, -0.2) is 30.7 Å². The van der Waals surface area contributed by atoms with Crippen molar-refractivity contribution in [3.05, 3.63) is 23.5 Å². The highest BCUT2D eigenvalue weighted by Crippen LogP contribution is 2.21. The van der Waals surface area contributed by atoms with E-state index in [0.717, 1.165) is 12.1 Å². The molecule has 0 amide bonds. The third kappa shape index (κ3) is 4.92. The summed E-state index contributed by atoms with van der Waals surface area (Å²) in [7, 11) is -7.57. The maximum absolute atomic E-state index is 13.5.